The van der Waals surface area contributed by atoms with E-state index in [2.05, 4.69) is 15.4 Å². The number of nitrogens with zero attached hydrogens (tertiary/aromatic N) is 7. The number of hydrogen-bond donors (Lipinski definition) is 2. The molecule has 0 unspecified atom stereocenters. The number of halogens is 3. The Hall–Kier alpha value is -4.71. The number of hydrogen-bond acceptors (Lipinski definition) is 7. The molecule has 2 fully saturated rings. The van der Waals surface area contributed by atoms with Gasteiger partial charge in [0.2, 0.25) is 5.91 Å². The second kappa shape index (κ2) is 12.1. The maximum absolute atomic E-state index is 13.6. The van der Waals surface area contributed by atoms with Crippen molar-refractivity contribution in [1.82, 2.24) is 29.1 Å². The van der Waals surface area contributed by atoms with E-state index < -0.39 is 17.8 Å². The predicted molar refractivity (Wildman–Crippen MR) is 152 cm³/mol. The molecule has 0 atom stereocenters. The normalized spacial score (nSPS) is 18.5. The predicted octanol–water partition coefficient (Wildman–Crippen LogP) is 2.66. The van der Waals surface area contributed by atoms with Crippen molar-refractivity contribution in [3.8, 4) is 17.3 Å². The van der Waals surface area contributed by atoms with Crippen molar-refractivity contribution in [2.45, 2.75) is 44.9 Å². The molecular weight excluding hydrogens is 579 g/mol. The third-order valence-electron chi connectivity index (χ3n) is 8.11. The van der Waals surface area contributed by atoms with Gasteiger partial charge in [-0.1, -0.05) is 6.92 Å². The van der Waals surface area contributed by atoms with E-state index in [9.17, 15) is 27.6 Å². The topological polar surface area (TPSA) is 155 Å². The van der Waals surface area contributed by atoms with Crippen LogP contribution in [-0.4, -0.2) is 79.1 Å². The number of rotatable bonds is 7. The molecular formula is C29H32F3N9O3. The lowest BCUT2D eigenvalue weighted by molar-refractivity contribution is -0.141. The van der Waals surface area contributed by atoms with Crippen LogP contribution in [0.2, 0.25) is 0 Å². The zero-order chi connectivity index (χ0) is 31.8. The Morgan fingerprint density at radius 2 is 1.82 bits per heavy atom. The van der Waals surface area contributed by atoms with Gasteiger partial charge in [-0.3, -0.25) is 19.1 Å². The number of benzene rings is 1. The molecule has 1 saturated heterocycles. The highest BCUT2D eigenvalue weighted by Gasteiger charge is 2.39. The molecule has 15 heteroatoms. The van der Waals surface area contributed by atoms with Crippen LogP contribution in [0.25, 0.3) is 11.3 Å². The molecule has 3 aromatic rings. The number of nitriles is 1. The van der Waals surface area contributed by atoms with Crippen LogP contribution < -0.4 is 11.1 Å². The first kappa shape index (κ1) is 30.7. The lowest BCUT2D eigenvalue weighted by atomic mass is 9.80. The van der Waals surface area contributed by atoms with Gasteiger partial charge in [0.15, 0.2) is 11.5 Å². The number of nitrogens with one attached hydrogen (secondary N) is 1. The molecule has 44 heavy (non-hydrogen) atoms. The third kappa shape index (κ3) is 6.02. The van der Waals surface area contributed by atoms with Crippen LogP contribution in [0.15, 0.2) is 30.6 Å². The molecule has 232 valence electrons. The van der Waals surface area contributed by atoms with Crippen LogP contribution in [0.1, 0.15) is 52.0 Å². The zero-order valence-electron chi connectivity index (χ0n) is 24.3. The van der Waals surface area contributed by atoms with Crippen LogP contribution in [0, 0.1) is 17.2 Å². The van der Waals surface area contributed by atoms with Gasteiger partial charge in [0.25, 0.3) is 11.8 Å². The first-order valence-electron chi connectivity index (χ1n) is 14.2. The van der Waals surface area contributed by atoms with E-state index in [1.54, 1.807) is 34.1 Å². The highest BCUT2D eigenvalue weighted by atomic mass is 19.4. The maximum Gasteiger partial charge on any atom is 0.435 e. The molecule has 1 aliphatic carbocycles. The van der Waals surface area contributed by atoms with Crippen molar-refractivity contribution in [3.05, 3.63) is 53.2 Å². The van der Waals surface area contributed by atoms with Gasteiger partial charge >= 0.3 is 6.18 Å². The molecule has 12 nitrogen and oxygen atoms in total. The average Bonchev–Trinajstić information content (AvgIpc) is 3.58. The summed E-state index contributed by atoms with van der Waals surface area (Å²) in [5, 5.41) is 15.1. The van der Waals surface area contributed by atoms with Crippen LogP contribution in [0.3, 0.4) is 0 Å². The summed E-state index contributed by atoms with van der Waals surface area (Å²) in [4.78, 5) is 46.7. The summed E-state index contributed by atoms with van der Waals surface area (Å²) >= 11 is 0. The molecule has 2 aromatic heterocycles. The Bertz CT molecular complexity index is 1620. The minimum absolute atomic E-state index is 0.0000782. The lowest BCUT2D eigenvalue weighted by Gasteiger charge is -2.40. The van der Waals surface area contributed by atoms with Crippen molar-refractivity contribution in [1.29, 1.82) is 5.26 Å². The Morgan fingerprint density at radius 3 is 2.43 bits per heavy atom. The Balaban J connectivity index is 1.27. The van der Waals surface area contributed by atoms with Crippen LogP contribution >= 0.6 is 0 Å². The largest absolute Gasteiger partial charge is 0.435 e. The van der Waals surface area contributed by atoms with Crippen molar-refractivity contribution in [2.75, 3.05) is 31.5 Å². The molecule has 0 bridgehead atoms. The number of alkyl halides is 3. The lowest BCUT2D eigenvalue weighted by Crippen LogP contribution is -2.54. The smallest absolute Gasteiger partial charge is 0.339 e. The fourth-order valence-electron chi connectivity index (χ4n) is 5.62. The van der Waals surface area contributed by atoms with Gasteiger partial charge in [-0.05, 0) is 43.0 Å². The van der Waals surface area contributed by atoms with Gasteiger partial charge in [0.05, 0.1) is 23.5 Å². The van der Waals surface area contributed by atoms with Crippen LogP contribution in [0.4, 0.5) is 18.9 Å². The number of carbonyl (C=O) groups is 3. The fourth-order valence-corrected chi connectivity index (χ4v) is 5.62. The molecule has 1 saturated carbocycles. The minimum atomic E-state index is -4.78. The quantitative estimate of drug-likeness (QED) is 0.416. The number of anilines is 1. The van der Waals surface area contributed by atoms with Crippen LogP contribution in [-0.2, 0) is 31.0 Å². The Morgan fingerprint density at radius 1 is 1.14 bits per heavy atom. The summed E-state index contributed by atoms with van der Waals surface area (Å²) in [6.45, 7) is 3.25. The monoisotopic (exact) mass is 611 g/mol. The highest BCUT2D eigenvalue weighted by Crippen LogP contribution is 2.36. The molecule has 3 amide bonds. The van der Waals surface area contributed by atoms with E-state index in [1.165, 1.54) is 11.6 Å². The van der Waals surface area contributed by atoms with E-state index in [-0.39, 0.29) is 47.4 Å². The molecule has 3 N–H and O–H groups in total. The van der Waals surface area contributed by atoms with Crippen molar-refractivity contribution in [2.24, 2.45) is 18.7 Å². The van der Waals surface area contributed by atoms with Gasteiger partial charge in [0, 0.05) is 62.6 Å². The molecule has 0 radical (unpaired) electrons. The molecule has 2 aliphatic rings. The zero-order valence-corrected chi connectivity index (χ0v) is 24.3. The number of carbonyl (C=O) groups excluding carboxylic acids is 3. The molecule has 1 aliphatic heterocycles. The number of imidazole rings is 1. The molecule has 1 aromatic carbocycles. The number of piperazine rings is 1. The van der Waals surface area contributed by atoms with E-state index >= 15 is 0 Å². The summed E-state index contributed by atoms with van der Waals surface area (Å²) in [5.41, 5.74) is 5.90. The summed E-state index contributed by atoms with van der Waals surface area (Å²) in [7, 11) is 1.41. The molecule has 0 spiro atoms. The highest BCUT2D eigenvalue weighted by molar-refractivity contribution is 6.03. The SMILES string of the molecule is CCc1cc(NC(=O)c2ncc(-c3cn(CC#N)nc3C(F)(F)F)n2C)ccc1C(=O)N1CCN(C(=O)[C@H]2C[C@H](N)C2)CC1. The average molecular weight is 612 g/mol. The van der Waals surface area contributed by atoms with Gasteiger partial charge in [-0.15, -0.1) is 0 Å². The van der Waals surface area contributed by atoms with Gasteiger partial charge < -0.3 is 25.4 Å². The fraction of sp³-hybridized carbons (Fsp3) is 0.448. The van der Waals surface area contributed by atoms with Crippen molar-refractivity contribution < 1.29 is 27.6 Å². The van der Waals surface area contributed by atoms with Gasteiger partial charge in [0.1, 0.15) is 6.54 Å². The summed E-state index contributed by atoms with van der Waals surface area (Å²) in [6, 6.07) is 6.74. The molecule has 3 heterocycles. The summed E-state index contributed by atoms with van der Waals surface area (Å²) in [5.74, 6) is -0.891. The Labute approximate surface area is 251 Å². The second-order valence-electron chi connectivity index (χ2n) is 11.0. The first-order chi connectivity index (χ1) is 20.9. The van der Waals surface area contributed by atoms with E-state index in [0.717, 1.165) is 17.1 Å². The van der Waals surface area contributed by atoms with Gasteiger partial charge in [-0.2, -0.15) is 23.5 Å². The summed E-state index contributed by atoms with van der Waals surface area (Å²) < 4.78 is 43.0. The number of amides is 3. The molecule has 5 rings (SSSR count). The van der Waals surface area contributed by atoms with Gasteiger partial charge in [-0.25, -0.2) is 4.98 Å². The number of nitrogens with two attached hydrogens (primary N) is 1. The Kier molecular flexibility index (Phi) is 8.46. The van der Waals surface area contributed by atoms with Crippen LogP contribution in [0.5, 0.6) is 0 Å². The third-order valence-corrected chi connectivity index (χ3v) is 8.11. The van der Waals surface area contributed by atoms with E-state index in [4.69, 9.17) is 11.0 Å². The minimum Gasteiger partial charge on any atom is -0.339 e. The number of aromatic nitrogens is 4. The van der Waals surface area contributed by atoms with E-state index in [1.807, 2.05) is 6.92 Å². The van der Waals surface area contributed by atoms with Crippen molar-refractivity contribution >= 4 is 23.4 Å². The maximum atomic E-state index is 13.6. The van der Waals surface area contributed by atoms with Crippen molar-refractivity contribution in [3.63, 3.8) is 0 Å². The van der Waals surface area contributed by atoms with E-state index in [0.29, 0.717) is 62.3 Å². The first-order valence-corrected chi connectivity index (χ1v) is 14.2. The second-order valence-corrected chi connectivity index (χ2v) is 11.0. The summed E-state index contributed by atoms with van der Waals surface area (Å²) in [6.07, 6.45) is -0.633. The standard InChI is InChI=1S/C29H32F3N9O3/c1-3-17-14-20(4-5-21(17)28(44)40-10-8-39(9-11-40)27(43)18-12-19(34)13-18)36-26(42)25-35-15-23(38(25)2)22-16-41(7-6-33)37-24(22)29(30,31)32/h4-5,14-16,18-19H,3,7-13,34H2,1-2H3,(H,36,42)/t18-,19-. The number of aryl methyl sites for hydroxylation is 1.